The molecule has 0 radical (unpaired) electrons. The lowest BCUT2D eigenvalue weighted by Gasteiger charge is -2.18. The Hall–Kier alpha value is -2.89. The van der Waals surface area contributed by atoms with Crippen molar-refractivity contribution in [2.45, 2.75) is 386 Å². The number of carbonyl (C=O) groups excluding carboxylic acids is 3. The van der Waals surface area contributed by atoms with Crippen LogP contribution < -0.4 is 0 Å². The molecule has 0 aliphatic rings. The molecule has 0 heterocycles. The Labute approximate surface area is 504 Å². The second kappa shape index (κ2) is 69.6. The van der Waals surface area contributed by atoms with Crippen LogP contribution in [-0.2, 0) is 28.6 Å². The summed E-state index contributed by atoms with van der Waals surface area (Å²) in [6.45, 7) is 6.68. The monoisotopic (exact) mass is 1130 g/mol. The average molecular weight is 1130 g/mol. The lowest BCUT2D eigenvalue weighted by molar-refractivity contribution is -0.167. The van der Waals surface area contributed by atoms with Crippen LogP contribution in [0, 0.1) is 0 Å². The highest BCUT2D eigenvalue weighted by atomic mass is 16.6. The van der Waals surface area contributed by atoms with Gasteiger partial charge in [-0.3, -0.25) is 14.4 Å². The molecule has 1 atom stereocenters. The number of allylic oxidation sites excluding steroid dienone is 10. The smallest absolute Gasteiger partial charge is 0.306 e. The van der Waals surface area contributed by atoms with Gasteiger partial charge in [0.05, 0.1) is 0 Å². The minimum absolute atomic E-state index is 0.0745. The van der Waals surface area contributed by atoms with Crippen molar-refractivity contribution in [1.29, 1.82) is 0 Å². The van der Waals surface area contributed by atoms with Gasteiger partial charge >= 0.3 is 17.9 Å². The Morgan fingerprint density at radius 2 is 0.444 bits per heavy atom. The van der Waals surface area contributed by atoms with Crippen molar-refractivity contribution in [2.24, 2.45) is 0 Å². The van der Waals surface area contributed by atoms with Gasteiger partial charge in [-0.25, -0.2) is 0 Å². The van der Waals surface area contributed by atoms with Crippen molar-refractivity contribution in [1.82, 2.24) is 0 Å². The molecule has 0 bridgehead atoms. The molecule has 1 unspecified atom stereocenters. The highest BCUT2D eigenvalue weighted by Gasteiger charge is 2.19. The minimum Gasteiger partial charge on any atom is -0.462 e. The molecule has 0 rings (SSSR count). The zero-order valence-electron chi connectivity index (χ0n) is 54.3. The Morgan fingerprint density at radius 3 is 0.704 bits per heavy atom. The molecule has 0 aliphatic carbocycles. The molecule has 0 fully saturated rings. The van der Waals surface area contributed by atoms with E-state index < -0.39 is 6.10 Å². The lowest BCUT2D eigenvalue weighted by Crippen LogP contribution is -2.30. The zero-order valence-corrected chi connectivity index (χ0v) is 54.3. The highest BCUT2D eigenvalue weighted by Crippen LogP contribution is 2.17. The van der Waals surface area contributed by atoms with Crippen LogP contribution in [0.15, 0.2) is 60.8 Å². The first-order valence-corrected chi connectivity index (χ1v) is 35.8. The van der Waals surface area contributed by atoms with E-state index in [-0.39, 0.29) is 31.1 Å². The molecule has 0 saturated heterocycles. The SMILES string of the molecule is CCCCCCC/C=C\C/C=C\C/C=C\CCCCCCCCCCCCC(=O)OCC(COC(=O)CCCCCCCCCCC/C=C\CCCCCCCC)OC(=O)CCCCCCCCCCC/C=C\CCCCCCCC. The highest BCUT2D eigenvalue weighted by molar-refractivity contribution is 5.71. The first kappa shape index (κ1) is 78.1. The van der Waals surface area contributed by atoms with Crippen LogP contribution in [0.5, 0.6) is 0 Å². The average Bonchev–Trinajstić information content (AvgIpc) is 3.47. The van der Waals surface area contributed by atoms with Gasteiger partial charge in [0, 0.05) is 19.3 Å². The summed E-state index contributed by atoms with van der Waals surface area (Å²) in [6.07, 6.45) is 89.5. The second-order valence-electron chi connectivity index (χ2n) is 24.1. The van der Waals surface area contributed by atoms with E-state index >= 15 is 0 Å². The molecule has 0 amide bonds. The van der Waals surface area contributed by atoms with Crippen molar-refractivity contribution < 1.29 is 28.6 Å². The number of unbranched alkanes of at least 4 members (excludes halogenated alkanes) is 45. The lowest BCUT2D eigenvalue weighted by atomic mass is 10.0. The van der Waals surface area contributed by atoms with Crippen molar-refractivity contribution in [3.8, 4) is 0 Å². The summed E-state index contributed by atoms with van der Waals surface area (Å²) in [5.74, 6) is -0.859. The van der Waals surface area contributed by atoms with Crippen LogP contribution in [-0.4, -0.2) is 37.2 Å². The summed E-state index contributed by atoms with van der Waals surface area (Å²) < 4.78 is 17.0. The van der Waals surface area contributed by atoms with Gasteiger partial charge in [-0.2, -0.15) is 0 Å². The van der Waals surface area contributed by atoms with E-state index in [0.717, 1.165) is 70.6 Å². The van der Waals surface area contributed by atoms with E-state index in [1.54, 1.807) is 0 Å². The van der Waals surface area contributed by atoms with E-state index in [1.807, 2.05) is 0 Å². The van der Waals surface area contributed by atoms with Crippen molar-refractivity contribution in [2.75, 3.05) is 13.2 Å². The predicted molar refractivity (Wildman–Crippen MR) is 353 cm³/mol. The van der Waals surface area contributed by atoms with E-state index in [4.69, 9.17) is 14.2 Å². The molecule has 0 spiro atoms. The quantitative estimate of drug-likeness (QED) is 0.0261. The van der Waals surface area contributed by atoms with E-state index in [9.17, 15) is 14.4 Å². The van der Waals surface area contributed by atoms with Gasteiger partial charge in [-0.05, 0) is 109 Å². The van der Waals surface area contributed by atoms with Crippen LogP contribution in [0.2, 0.25) is 0 Å². The fraction of sp³-hybridized carbons (Fsp3) is 0.827. The number of hydrogen-bond acceptors (Lipinski definition) is 6. The third-order valence-corrected chi connectivity index (χ3v) is 16.0. The molecule has 81 heavy (non-hydrogen) atoms. The van der Waals surface area contributed by atoms with Gasteiger partial charge in [0.15, 0.2) is 6.10 Å². The number of carbonyl (C=O) groups is 3. The number of esters is 3. The molecule has 6 nitrogen and oxygen atoms in total. The normalized spacial score (nSPS) is 12.4. The van der Waals surface area contributed by atoms with Crippen molar-refractivity contribution in [3.05, 3.63) is 60.8 Å². The first-order valence-electron chi connectivity index (χ1n) is 35.8. The van der Waals surface area contributed by atoms with E-state index in [0.29, 0.717) is 19.3 Å². The molecule has 0 N–H and O–H groups in total. The Balaban J connectivity index is 4.34. The summed E-state index contributed by atoms with van der Waals surface area (Å²) in [7, 11) is 0. The predicted octanol–water partition coefficient (Wildman–Crippen LogP) is 24.7. The molecular formula is C75H136O6. The maximum Gasteiger partial charge on any atom is 0.306 e. The third kappa shape index (κ3) is 67.8. The summed E-state index contributed by atoms with van der Waals surface area (Å²) in [5.41, 5.74) is 0. The maximum atomic E-state index is 13.0. The van der Waals surface area contributed by atoms with Crippen LogP contribution in [0.4, 0.5) is 0 Å². The van der Waals surface area contributed by atoms with Crippen LogP contribution in [0.25, 0.3) is 0 Å². The Morgan fingerprint density at radius 1 is 0.247 bits per heavy atom. The Bertz CT molecular complexity index is 1440. The topological polar surface area (TPSA) is 78.9 Å². The number of rotatable bonds is 66. The molecule has 6 heteroatoms. The van der Waals surface area contributed by atoms with Gasteiger partial charge < -0.3 is 14.2 Å². The standard InChI is InChI=1S/C75H136O6/c1-4-7-10-13-16-19-22-25-28-31-34-35-36-37-38-39-42-44-47-50-53-56-59-62-65-68-74(77)80-71-72(81-75(78)69-66-63-60-57-54-51-48-45-41-33-30-27-24-21-18-15-12-9-6-3)70-79-73(76)67-64-61-58-55-52-49-46-43-40-32-29-26-23-20-17-14-11-8-5-2/h22,25-27,29-31,34,36-37,72H,4-21,23-24,28,32-33,35,38-71H2,1-3H3/b25-22-,29-26-,30-27-,34-31-,37-36-. The fourth-order valence-corrected chi connectivity index (χ4v) is 10.6. The van der Waals surface area contributed by atoms with E-state index in [1.165, 1.54) is 270 Å². The fourth-order valence-electron chi connectivity index (χ4n) is 10.6. The summed E-state index contributed by atoms with van der Waals surface area (Å²) in [5, 5.41) is 0. The van der Waals surface area contributed by atoms with Crippen molar-refractivity contribution >= 4 is 17.9 Å². The third-order valence-electron chi connectivity index (χ3n) is 16.0. The van der Waals surface area contributed by atoms with Crippen LogP contribution in [0.1, 0.15) is 380 Å². The van der Waals surface area contributed by atoms with Gasteiger partial charge in [0.2, 0.25) is 0 Å². The van der Waals surface area contributed by atoms with Crippen LogP contribution >= 0.6 is 0 Å². The number of ether oxygens (including phenoxy) is 3. The van der Waals surface area contributed by atoms with Gasteiger partial charge in [-0.1, -0.05) is 313 Å². The zero-order chi connectivity index (χ0) is 58.5. The Kier molecular flexibility index (Phi) is 67.1. The van der Waals surface area contributed by atoms with Gasteiger partial charge in [-0.15, -0.1) is 0 Å². The summed E-state index contributed by atoms with van der Waals surface area (Å²) in [4.78, 5) is 38.5. The van der Waals surface area contributed by atoms with Crippen molar-refractivity contribution in [3.63, 3.8) is 0 Å². The molecule has 0 aromatic carbocycles. The molecule has 0 aromatic rings. The minimum atomic E-state index is -0.779. The number of hydrogen-bond donors (Lipinski definition) is 0. The van der Waals surface area contributed by atoms with Gasteiger partial charge in [0.25, 0.3) is 0 Å². The molecular weight excluding hydrogens is 997 g/mol. The van der Waals surface area contributed by atoms with Crippen LogP contribution in [0.3, 0.4) is 0 Å². The molecule has 0 aliphatic heterocycles. The molecule has 0 aromatic heterocycles. The summed E-state index contributed by atoms with van der Waals surface area (Å²) in [6, 6.07) is 0. The maximum absolute atomic E-state index is 13.0. The largest absolute Gasteiger partial charge is 0.462 e. The molecule has 472 valence electrons. The summed E-state index contributed by atoms with van der Waals surface area (Å²) >= 11 is 0. The van der Waals surface area contributed by atoms with E-state index in [2.05, 4.69) is 81.5 Å². The molecule has 0 saturated carbocycles. The first-order chi connectivity index (χ1) is 40.0. The van der Waals surface area contributed by atoms with Gasteiger partial charge in [0.1, 0.15) is 13.2 Å². The second-order valence-corrected chi connectivity index (χ2v) is 24.1.